The number of rotatable bonds is 6. The first-order valence-electron chi connectivity index (χ1n) is 12.3. The van der Waals surface area contributed by atoms with Crippen LogP contribution in [0, 0.1) is 17.7 Å². The smallest absolute Gasteiger partial charge is 0.381 e. The highest BCUT2D eigenvalue weighted by Gasteiger charge is 2.56. The molecule has 1 unspecified atom stereocenters. The second-order valence-corrected chi connectivity index (χ2v) is 10.0. The Bertz CT molecular complexity index is 1340. The molecule has 3 aliphatic rings. The predicted octanol–water partition coefficient (Wildman–Crippen LogP) is 4.45. The normalized spacial score (nSPS) is 23.2. The maximum Gasteiger partial charge on any atom is 0.471 e. The number of ether oxygens (including phenoxy) is 1. The summed E-state index contributed by atoms with van der Waals surface area (Å²) in [6, 6.07) is 4.63. The van der Waals surface area contributed by atoms with Gasteiger partial charge in [-0.2, -0.15) is 26.3 Å². The molecule has 0 radical (unpaired) electrons. The molecule has 2 aromatic rings. The van der Waals surface area contributed by atoms with Gasteiger partial charge in [0.1, 0.15) is 11.9 Å². The number of benzene rings is 2. The van der Waals surface area contributed by atoms with Crippen LogP contribution in [0.3, 0.4) is 0 Å². The molecule has 5 rings (SSSR count). The fourth-order valence-corrected chi connectivity index (χ4v) is 5.19. The minimum Gasteiger partial charge on any atom is -0.381 e. The van der Waals surface area contributed by atoms with E-state index in [9.17, 15) is 45.1 Å². The Morgan fingerprint density at radius 1 is 0.975 bits per heavy atom. The molecule has 0 aromatic heterocycles. The van der Waals surface area contributed by atoms with Crippen LogP contribution >= 0.6 is 0 Å². The van der Waals surface area contributed by atoms with E-state index in [2.05, 4.69) is 5.32 Å². The van der Waals surface area contributed by atoms with E-state index in [-0.39, 0.29) is 48.4 Å². The van der Waals surface area contributed by atoms with Gasteiger partial charge in [0.2, 0.25) is 5.91 Å². The summed E-state index contributed by atoms with van der Waals surface area (Å²) in [5.74, 6) is -5.36. The summed E-state index contributed by atoms with van der Waals surface area (Å²) in [5.41, 5.74) is -1.99. The summed E-state index contributed by atoms with van der Waals surface area (Å²) < 4.78 is 97.5. The molecule has 1 aliphatic carbocycles. The molecular formula is C26H22F7N3O4. The SMILES string of the molecule is O=C(NC(c1ccc(C(F)(F)F)cc1F)C1COC1)[C@H]1C[C@H]2C[C@H]2N1C(=O)c1ccccc1NC(=O)C(F)(F)F. The monoisotopic (exact) mass is 573 g/mol. The van der Waals surface area contributed by atoms with Crippen molar-refractivity contribution in [3.63, 3.8) is 0 Å². The number of piperidine rings is 1. The number of para-hydroxylation sites is 1. The van der Waals surface area contributed by atoms with Crippen molar-refractivity contribution in [2.24, 2.45) is 11.8 Å². The van der Waals surface area contributed by atoms with E-state index in [1.165, 1.54) is 23.1 Å². The summed E-state index contributed by atoms with van der Waals surface area (Å²) in [4.78, 5) is 39.7. The van der Waals surface area contributed by atoms with Crippen LogP contribution in [-0.2, 0) is 20.5 Å². The van der Waals surface area contributed by atoms with Crippen LogP contribution < -0.4 is 10.6 Å². The first kappa shape index (κ1) is 27.9. The van der Waals surface area contributed by atoms with E-state index in [1.807, 2.05) is 0 Å². The van der Waals surface area contributed by atoms with Gasteiger partial charge in [-0.1, -0.05) is 18.2 Å². The molecule has 2 aromatic carbocycles. The van der Waals surface area contributed by atoms with Crippen molar-refractivity contribution >= 4 is 23.4 Å². The molecule has 4 atom stereocenters. The molecule has 0 spiro atoms. The van der Waals surface area contributed by atoms with Crippen LogP contribution in [0.1, 0.15) is 40.4 Å². The topological polar surface area (TPSA) is 87.7 Å². The first-order chi connectivity index (χ1) is 18.8. The number of fused-ring (bicyclic) bond motifs is 1. The molecule has 3 fully saturated rings. The quantitative estimate of drug-likeness (QED) is 0.500. The highest BCUT2D eigenvalue weighted by molar-refractivity contribution is 6.06. The molecule has 214 valence electrons. The van der Waals surface area contributed by atoms with Gasteiger partial charge in [0.05, 0.1) is 36.1 Å². The van der Waals surface area contributed by atoms with E-state index < -0.39 is 59.5 Å². The summed E-state index contributed by atoms with van der Waals surface area (Å²) >= 11 is 0. The van der Waals surface area contributed by atoms with Crippen molar-refractivity contribution < 1.29 is 49.9 Å². The average molecular weight is 573 g/mol. The highest BCUT2D eigenvalue weighted by Crippen LogP contribution is 2.49. The lowest BCUT2D eigenvalue weighted by atomic mass is 9.90. The zero-order valence-corrected chi connectivity index (χ0v) is 20.5. The van der Waals surface area contributed by atoms with Gasteiger partial charge in [-0.05, 0) is 43.0 Å². The van der Waals surface area contributed by atoms with Crippen LogP contribution in [-0.4, -0.2) is 54.1 Å². The van der Waals surface area contributed by atoms with Crippen molar-refractivity contribution in [1.29, 1.82) is 0 Å². The number of hydrogen-bond donors (Lipinski definition) is 2. The van der Waals surface area contributed by atoms with Gasteiger partial charge in [-0.15, -0.1) is 0 Å². The second-order valence-electron chi connectivity index (χ2n) is 10.0. The van der Waals surface area contributed by atoms with Gasteiger partial charge in [-0.25, -0.2) is 4.39 Å². The summed E-state index contributed by atoms with van der Waals surface area (Å²) in [5, 5.41) is 4.35. The number of hydrogen-bond acceptors (Lipinski definition) is 4. The van der Waals surface area contributed by atoms with E-state index in [4.69, 9.17) is 4.74 Å². The lowest BCUT2D eigenvalue weighted by molar-refractivity contribution is -0.167. The minimum absolute atomic E-state index is 0.0371. The molecule has 2 heterocycles. The lowest BCUT2D eigenvalue weighted by Gasteiger charge is -2.36. The maximum absolute atomic E-state index is 14.8. The van der Waals surface area contributed by atoms with Gasteiger partial charge >= 0.3 is 18.3 Å². The molecule has 3 amide bonds. The molecule has 14 heteroatoms. The van der Waals surface area contributed by atoms with Gasteiger partial charge in [0.25, 0.3) is 5.91 Å². The minimum atomic E-state index is -5.19. The Kier molecular flexibility index (Phi) is 7.01. The van der Waals surface area contributed by atoms with E-state index in [0.29, 0.717) is 18.6 Å². The van der Waals surface area contributed by atoms with E-state index >= 15 is 0 Å². The maximum atomic E-state index is 14.8. The van der Waals surface area contributed by atoms with Crippen molar-refractivity contribution in [3.05, 3.63) is 65.0 Å². The third-order valence-electron chi connectivity index (χ3n) is 7.40. The number of nitrogens with one attached hydrogen (secondary N) is 2. The number of anilines is 1. The Morgan fingerprint density at radius 2 is 1.68 bits per heavy atom. The number of carbonyl (C=O) groups is 3. The fourth-order valence-electron chi connectivity index (χ4n) is 5.19. The molecule has 0 bridgehead atoms. The number of carbonyl (C=O) groups excluding carboxylic acids is 3. The van der Waals surface area contributed by atoms with Crippen molar-refractivity contribution in [1.82, 2.24) is 10.2 Å². The van der Waals surface area contributed by atoms with Gasteiger partial charge in [-0.3, -0.25) is 14.4 Å². The Morgan fingerprint density at radius 3 is 2.27 bits per heavy atom. The fraction of sp³-hybridized carbons (Fsp3) is 0.423. The summed E-state index contributed by atoms with van der Waals surface area (Å²) in [7, 11) is 0. The third-order valence-corrected chi connectivity index (χ3v) is 7.40. The van der Waals surface area contributed by atoms with E-state index in [0.717, 1.165) is 12.1 Å². The van der Waals surface area contributed by atoms with Crippen molar-refractivity contribution in [3.8, 4) is 0 Å². The van der Waals surface area contributed by atoms with Gasteiger partial charge in [0, 0.05) is 17.5 Å². The number of amides is 3. The number of likely N-dealkylation sites (tertiary alicyclic amines) is 1. The molecule has 2 aliphatic heterocycles. The standard InChI is InChI=1S/C26H22F7N3O4/c27-17-9-14(25(28,29)30)5-6-15(17)21(13-10-40-11-13)35-22(37)20-8-12-7-19(12)36(20)23(38)16-3-1-2-4-18(16)34-24(39)26(31,32)33/h1-6,9,12-13,19-21H,7-8,10-11H2,(H,34,39)(H,35,37)/t12-,19-,20-,21?/m1/s1. The van der Waals surface area contributed by atoms with Crippen LogP contribution in [0.2, 0.25) is 0 Å². The van der Waals surface area contributed by atoms with Crippen LogP contribution in [0.4, 0.5) is 36.4 Å². The Hall–Kier alpha value is -3.68. The number of halogens is 7. The van der Waals surface area contributed by atoms with Crippen LogP contribution in [0.25, 0.3) is 0 Å². The van der Waals surface area contributed by atoms with Crippen molar-refractivity contribution in [2.75, 3.05) is 18.5 Å². The second kappa shape index (κ2) is 10.1. The zero-order chi connectivity index (χ0) is 29.0. The van der Waals surface area contributed by atoms with E-state index in [1.54, 1.807) is 5.32 Å². The average Bonchev–Trinajstić information content (AvgIpc) is 3.50. The molecule has 2 saturated heterocycles. The molecule has 1 saturated carbocycles. The summed E-state index contributed by atoms with van der Waals surface area (Å²) in [6.07, 6.45) is -9.15. The Balaban J connectivity index is 1.38. The Labute approximate surface area is 222 Å². The highest BCUT2D eigenvalue weighted by atomic mass is 19.4. The lowest BCUT2D eigenvalue weighted by Crippen LogP contribution is -2.51. The number of nitrogens with zero attached hydrogens (tertiary/aromatic N) is 1. The van der Waals surface area contributed by atoms with Gasteiger partial charge in [0.15, 0.2) is 0 Å². The van der Waals surface area contributed by atoms with Crippen molar-refractivity contribution in [2.45, 2.75) is 43.3 Å². The third kappa shape index (κ3) is 5.36. The van der Waals surface area contributed by atoms with Gasteiger partial charge < -0.3 is 20.3 Å². The molecular weight excluding hydrogens is 551 g/mol. The predicted molar refractivity (Wildman–Crippen MR) is 124 cm³/mol. The molecule has 40 heavy (non-hydrogen) atoms. The molecule has 2 N–H and O–H groups in total. The zero-order valence-electron chi connectivity index (χ0n) is 20.5. The summed E-state index contributed by atoms with van der Waals surface area (Å²) in [6.45, 7) is 0.243. The van der Waals surface area contributed by atoms with Crippen LogP contribution in [0.15, 0.2) is 42.5 Å². The molecule has 7 nitrogen and oxygen atoms in total. The first-order valence-corrected chi connectivity index (χ1v) is 12.3. The largest absolute Gasteiger partial charge is 0.471 e. The van der Waals surface area contributed by atoms with Crippen LogP contribution in [0.5, 0.6) is 0 Å². The number of alkyl halides is 6.